The zero-order chi connectivity index (χ0) is 11.7. The highest BCUT2D eigenvalue weighted by atomic mass is 16.4. The summed E-state index contributed by atoms with van der Waals surface area (Å²) in [4.78, 5) is 10.8. The van der Waals surface area contributed by atoms with Gasteiger partial charge in [-0.25, -0.2) is 0 Å². The number of aromatic nitrogens is 2. The molecule has 0 aromatic carbocycles. The van der Waals surface area contributed by atoms with Crippen molar-refractivity contribution in [1.29, 1.82) is 0 Å². The van der Waals surface area contributed by atoms with Crippen LogP contribution in [-0.2, 0) is 18.4 Å². The fourth-order valence-corrected chi connectivity index (χ4v) is 2.10. The number of carboxylic acids is 1. The van der Waals surface area contributed by atoms with E-state index in [0.717, 1.165) is 24.1 Å². The first-order valence-electron chi connectivity index (χ1n) is 5.53. The summed E-state index contributed by atoms with van der Waals surface area (Å²) in [5, 5.41) is 16.4. The third-order valence-corrected chi connectivity index (χ3v) is 3.26. The molecule has 2 atom stereocenters. The predicted octanol–water partition coefficient (Wildman–Crippen LogP) is 0.681. The maximum atomic E-state index is 10.8. The molecule has 1 aliphatic carbocycles. The van der Waals surface area contributed by atoms with Crippen LogP contribution in [0.2, 0.25) is 0 Å². The van der Waals surface area contributed by atoms with Gasteiger partial charge in [0.25, 0.3) is 0 Å². The van der Waals surface area contributed by atoms with E-state index in [1.165, 1.54) is 0 Å². The first-order chi connectivity index (χ1) is 7.58. The third-order valence-electron chi connectivity index (χ3n) is 3.26. The molecule has 0 amide bonds. The lowest BCUT2D eigenvalue weighted by Crippen LogP contribution is -2.47. The fourth-order valence-electron chi connectivity index (χ4n) is 2.10. The minimum Gasteiger partial charge on any atom is -0.481 e. The highest BCUT2D eigenvalue weighted by Crippen LogP contribution is 2.27. The first kappa shape index (κ1) is 11.1. The molecule has 1 aromatic heterocycles. The van der Waals surface area contributed by atoms with Crippen LogP contribution in [0.1, 0.15) is 24.1 Å². The molecule has 0 radical (unpaired) electrons. The molecule has 1 saturated carbocycles. The summed E-state index contributed by atoms with van der Waals surface area (Å²) in [6.45, 7) is 2.67. The maximum absolute atomic E-state index is 10.8. The average molecular weight is 223 g/mol. The molecule has 0 spiro atoms. The Morgan fingerprint density at radius 2 is 2.44 bits per heavy atom. The van der Waals surface area contributed by atoms with Crippen LogP contribution in [-0.4, -0.2) is 26.9 Å². The lowest BCUT2D eigenvalue weighted by atomic mass is 9.79. The maximum Gasteiger partial charge on any atom is 0.308 e. The molecule has 2 N–H and O–H groups in total. The van der Waals surface area contributed by atoms with E-state index in [1.54, 1.807) is 4.68 Å². The second-order valence-electron chi connectivity index (χ2n) is 4.42. The van der Waals surface area contributed by atoms with Gasteiger partial charge in [-0.2, -0.15) is 5.10 Å². The monoisotopic (exact) mass is 223 g/mol. The topological polar surface area (TPSA) is 67.2 Å². The van der Waals surface area contributed by atoms with E-state index in [2.05, 4.69) is 10.4 Å². The lowest BCUT2D eigenvalue weighted by molar-refractivity contribution is -0.146. The number of hydrogen-bond donors (Lipinski definition) is 2. The number of carbonyl (C=O) groups is 1. The van der Waals surface area contributed by atoms with Gasteiger partial charge in [0.2, 0.25) is 0 Å². The molecule has 2 unspecified atom stereocenters. The predicted molar refractivity (Wildman–Crippen MR) is 58.9 cm³/mol. The van der Waals surface area contributed by atoms with Crippen LogP contribution in [0.15, 0.2) is 6.20 Å². The van der Waals surface area contributed by atoms with Gasteiger partial charge in [-0.15, -0.1) is 0 Å². The number of rotatable bonds is 4. The van der Waals surface area contributed by atoms with Gasteiger partial charge >= 0.3 is 5.97 Å². The van der Waals surface area contributed by atoms with E-state index in [1.807, 2.05) is 20.2 Å². The van der Waals surface area contributed by atoms with Crippen molar-refractivity contribution in [3.63, 3.8) is 0 Å². The Hall–Kier alpha value is -1.36. The van der Waals surface area contributed by atoms with Gasteiger partial charge < -0.3 is 10.4 Å². The van der Waals surface area contributed by atoms with Crippen LogP contribution in [0.3, 0.4) is 0 Å². The van der Waals surface area contributed by atoms with E-state index in [0.29, 0.717) is 6.54 Å². The summed E-state index contributed by atoms with van der Waals surface area (Å²) in [7, 11) is 1.89. The highest BCUT2D eigenvalue weighted by Gasteiger charge is 2.36. The van der Waals surface area contributed by atoms with Gasteiger partial charge in [0, 0.05) is 31.4 Å². The van der Waals surface area contributed by atoms with Crippen LogP contribution in [0.5, 0.6) is 0 Å². The van der Waals surface area contributed by atoms with Gasteiger partial charge in [0.1, 0.15) is 0 Å². The highest BCUT2D eigenvalue weighted by molar-refractivity contribution is 5.72. The molecule has 2 rings (SSSR count). The minimum atomic E-state index is -0.688. The van der Waals surface area contributed by atoms with Gasteiger partial charge in [-0.3, -0.25) is 9.48 Å². The minimum absolute atomic E-state index is 0.122. The number of nitrogens with zero attached hydrogens (tertiary/aromatic N) is 2. The molecule has 1 aliphatic rings. The van der Waals surface area contributed by atoms with Crippen molar-refractivity contribution in [2.24, 2.45) is 13.0 Å². The van der Waals surface area contributed by atoms with E-state index < -0.39 is 5.97 Å². The molecule has 0 saturated heterocycles. The summed E-state index contributed by atoms with van der Waals surface area (Å²) < 4.78 is 1.78. The second-order valence-corrected chi connectivity index (χ2v) is 4.42. The van der Waals surface area contributed by atoms with Crippen LogP contribution in [0, 0.1) is 12.8 Å². The molecule has 0 aliphatic heterocycles. The van der Waals surface area contributed by atoms with Crippen LogP contribution in [0.25, 0.3) is 0 Å². The largest absolute Gasteiger partial charge is 0.481 e. The van der Waals surface area contributed by atoms with Crippen molar-refractivity contribution in [1.82, 2.24) is 15.1 Å². The smallest absolute Gasteiger partial charge is 0.308 e. The summed E-state index contributed by atoms with van der Waals surface area (Å²) >= 11 is 0. The van der Waals surface area contributed by atoms with Crippen molar-refractivity contribution in [3.05, 3.63) is 17.5 Å². The molecule has 88 valence electrons. The molecular weight excluding hydrogens is 206 g/mol. The lowest BCUT2D eigenvalue weighted by Gasteiger charge is -2.34. The standard InChI is InChI=1S/C11H17N3O2/c1-7-8(6-14(2)13-7)5-12-10-4-3-9(10)11(15)16/h6,9-10,12H,3-5H2,1-2H3,(H,15,16). The molecule has 1 heterocycles. The Balaban J connectivity index is 1.88. The van der Waals surface area contributed by atoms with E-state index in [9.17, 15) is 4.79 Å². The number of carboxylic acid groups (broad SMARTS) is 1. The zero-order valence-corrected chi connectivity index (χ0v) is 9.60. The Kier molecular flexibility index (Phi) is 2.96. The van der Waals surface area contributed by atoms with Crippen molar-refractivity contribution in [3.8, 4) is 0 Å². The summed E-state index contributed by atoms with van der Waals surface area (Å²) in [6.07, 6.45) is 3.71. The average Bonchev–Trinajstić information content (AvgIpc) is 2.42. The third kappa shape index (κ3) is 2.09. The van der Waals surface area contributed by atoms with Crippen LogP contribution >= 0.6 is 0 Å². The van der Waals surface area contributed by atoms with Crippen molar-refractivity contribution in [2.45, 2.75) is 32.4 Å². The van der Waals surface area contributed by atoms with Crippen LogP contribution in [0.4, 0.5) is 0 Å². The molecular formula is C11H17N3O2. The zero-order valence-electron chi connectivity index (χ0n) is 9.60. The Morgan fingerprint density at radius 1 is 1.69 bits per heavy atom. The molecule has 1 fully saturated rings. The number of nitrogens with one attached hydrogen (secondary N) is 1. The molecule has 1 aromatic rings. The van der Waals surface area contributed by atoms with Gasteiger partial charge in [0.05, 0.1) is 11.6 Å². The summed E-state index contributed by atoms with van der Waals surface area (Å²) in [6, 6.07) is 0.122. The second kappa shape index (κ2) is 4.25. The number of hydrogen-bond acceptors (Lipinski definition) is 3. The van der Waals surface area contributed by atoms with Crippen molar-refractivity contribution in [2.75, 3.05) is 0 Å². The fraction of sp³-hybridized carbons (Fsp3) is 0.636. The first-order valence-corrected chi connectivity index (χ1v) is 5.53. The number of aliphatic carboxylic acids is 1. The molecule has 5 nitrogen and oxygen atoms in total. The van der Waals surface area contributed by atoms with Crippen molar-refractivity contribution < 1.29 is 9.90 Å². The van der Waals surface area contributed by atoms with Gasteiger partial charge in [0.15, 0.2) is 0 Å². The normalized spacial score (nSPS) is 24.1. The number of aryl methyl sites for hydroxylation is 2. The quantitative estimate of drug-likeness (QED) is 0.787. The summed E-state index contributed by atoms with van der Waals surface area (Å²) in [5.74, 6) is -0.899. The Bertz CT molecular complexity index is 400. The van der Waals surface area contributed by atoms with Crippen LogP contribution < -0.4 is 5.32 Å². The Labute approximate surface area is 94.5 Å². The van der Waals surface area contributed by atoms with Crippen molar-refractivity contribution >= 4 is 5.97 Å². The molecule has 16 heavy (non-hydrogen) atoms. The summed E-state index contributed by atoms with van der Waals surface area (Å²) in [5.41, 5.74) is 2.14. The van der Waals surface area contributed by atoms with E-state index >= 15 is 0 Å². The van der Waals surface area contributed by atoms with Gasteiger partial charge in [-0.1, -0.05) is 0 Å². The SMILES string of the molecule is Cc1nn(C)cc1CNC1CCC1C(=O)O. The molecule has 5 heteroatoms. The van der Waals surface area contributed by atoms with E-state index in [4.69, 9.17) is 5.11 Å². The van der Waals surface area contributed by atoms with E-state index in [-0.39, 0.29) is 12.0 Å². The van der Waals surface area contributed by atoms with Gasteiger partial charge in [-0.05, 0) is 19.8 Å². The Morgan fingerprint density at radius 3 is 2.88 bits per heavy atom. The molecule has 0 bridgehead atoms.